The van der Waals surface area contributed by atoms with Crippen molar-refractivity contribution in [3.63, 3.8) is 0 Å². The number of nitrogens with one attached hydrogen (secondary N) is 1. The van der Waals surface area contributed by atoms with Crippen molar-refractivity contribution >= 4 is 17.6 Å². The van der Waals surface area contributed by atoms with E-state index < -0.39 is 0 Å². The zero-order valence-electron chi connectivity index (χ0n) is 10.3. The molecule has 18 heavy (non-hydrogen) atoms. The van der Waals surface area contributed by atoms with E-state index in [1.807, 2.05) is 14.0 Å². The molecule has 0 saturated heterocycles. The predicted octanol–water partition coefficient (Wildman–Crippen LogP) is 2.84. The number of oxazole rings is 1. The van der Waals surface area contributed by atoms with E-state index in [1.165, 1.54) is 24.6 Å². The Balaban J connectivity index is 1.98. The highest BCUT2D eigenvalue weighted by molar-refractivity contribution is 7.99. The standard InChI is InChI=1S/C12H14N4OS/c1-7-9(13-2)15-10(8-3-4-8)16-11(7)18-12-14-5-6-17-12/h5-6,8H,3-4H2,1-2H3,(H,13,15,16). The molecule has 0 bridgehead atoms. The Bertz CT molecular complexity index is 551. The Morgan fingerprint density at radius 3 is 2.83 bits per heavy atom. The van der Waals surface area contributed by atoms with Gasteiger partial charge >= 0.3 is 0 Å². The van der Waals surface area contributed by atoms with Crippen molar-refractivity contribution in [2.45, 2.75) is 35.9 Å². The molecule has 1 fully saturated rings. The molecule has 5 nitrogen and oxygen atoms in total. The van der Waals surface area contributed by atoms with Gasteiger partial charge in [-0.05, 0) is 31.5 Å². The Morgan fingerprint density at radius 2 is 2.22 bits per heavy atom. The van der Waals surface area contributed by atoms with Gasteiger partial charge in [0, 0.05) is 18.5 Å². The lowest BCUT2D eigenvalue weighted by atomic mass is 10.3. The minimum Gasteiger partial charge on any atom is -0.440 e. The maximum Gasteiger partial charge on any atom is 0.261 e. The number of hydrogen-bond acceptors (Lipinski definition) is 6. The molecule has 0 aromatic carbocycles. The van der Waals surface area contributed by atoms with Gasteiger partial charge in [0.25, 0.3) is 5.22 Å². The fourth-order valence-electron chi connectivity index (χ4n) is 1.72. The first-order valence-electron chi connectivity index (χ1n) is 5.91. The van der Waals surface area contributed by atoms with E-state index in [2.05, 4.69) is 20.3 Å². The molecule has 0 spiro atoms. The molecule has 0 aliphatic heterocycles. The summed E-state index contributed by atoms with van der Waals surface area (Å²) in [5, 5.41) is 4.65. The zero-order valence-corrected chi connectivity index (χ0v) is 11.1. The van der Waals surface area contributed by atoms with E-state index in [1.54, 1.807) is 12.5 Å². The van der Waals surface area contributed by atoms with Crippen LogP contribution in [0.25, 0.3) is 0 Å². The van der Waals surface area contributed by atoms with Gasteiger partial charge in [0.05, 0.1) is 6.20 Å². The molecule has 1 saturated carbocycles. The number of anilines is 1. The Kier molecular flexibility index (Phi) is 2.95. The third-order valence-corrected chi connectivity index (χ3v) is 3.86. The van der Waals surface area contributed by atoms with Crippen LogP contribution in [0.5, 0.6) is 0 Å². The second kappa shape index (κ2) is 4.61. The summed E-state index contributed by atoms with van der Waals surface area (Å²) in [6.45, 7) is 2.01. The van der Waals surface area contributed by atoms with Crippen LogP contribution in [0.2, 0.25) is 0 Å². The highest BCUT2D eigenvalue weighted by Crippen LogP contribution is 2.40. The highest BCUT2D eigenvalue weighted by Gasteiger charge is 2.28. The normalized spacial score (nSPS) is 14.8. The topological polar surface area (TPSA) is 63.8 Å². The molecule has 94 valence electrons. The molecule has 2 aromatic rings. The molecular formula is C12H14N4OS. The summed E-state index contributed by atoms with van der Waals surface area (Å²) in [6.07, 6.45) is 5.59. The second-order valence-electron chi connectivity index (χ2n) is 4.28. The predicted molar refractivity (Wildman–Crippen MR) is 68.9 cm³/mol. The van der Waals surface area contributed by atoms with Crippen LogP contribution >= 0.6 is 11.8 Å². The summed E-state index contributed by atoms with van der Waals surface area (Å²) < 4.78 is 5.25. The van der Waals surface area contributed by atoms with Gasteiger partial charge in [0.2, 0.25) is 0 Å². The van der Waals surface area contributed by atoms with Gasteiger partial charge in [0.1, 0.15) is 22.9 Å². The van der Waals surface area contributed by atoms with Crippen molar-refractivity contribution in [1.82, 2.24) is 15.0 Å². The Hall–Kier alpha value is -1.56. The van der Waals surface area contributed by atoms with E-state index in [0.29, 0.717) is 11.1 Å². The number of hydrogen-bond donors (Lipinski definition) is 1. The molecule has 0 atom stereocenters. The molecule has 1 aliphatic carbocycles. The SMILES string of the molecule is CNc1nc(C2CC2)nc(Sc2ncco2)c1C. The quantitative estimate of drug-likeness (QED) is 0.855. The van der Waals surface area contributed by atoms with Crippen LogP contribution in [0, 0.1) is 6.92 Å². The number of aromatic nitrogens is 3. The lowest BCUT2D eigenvalue weighted by Gasteiger charge is -2.10. The van der Waals surface area contributed by atoms with Gasteiger partial charge in [-0.3, -0.25) is 0 Å². The van der Waals surface area contributed by atoms with Crippen LogP contribution < -0.4 is 5.32 Å². The number of rotatable bonds is 4. The minimum absolute atomic E-state index is 0.529. The third-order valence-electron chi connectivity index (χ3n) is 2.89. The number of nitrogens with zero attached hydrogens (tertiary/aromatic N) is 3. The van der Waals surface area contributed by atoms with Gasteiger partial charge in [-0.15, -0.1) is 0 Å². The van der Waals surface area contributed by atoms with E-state index in [9.17, 15) is 0 Å². The van der Waals surface area contributed by atoms with Crippen LogP contribution in [-0.4, -0.2) is 22.0 Å². The van der Waals surface area contributed by atoms with Crippen molar-refractivity contribution in [3.8, 4) is 0 Å². The summed E-state index contributed by atoms with van der Waals surface area (Å²) in [5.41, 5.74) is 1.03. The Morgan fingerprint density at radius 1 is 1.39 bits per heavy atom. The highest BCUT2D eigenvalue weighted by atomic mass is 32.2. The fraction of sp³-hybridized carbons (Fsp3) is 0.417. The van der Waals surface area contributed by atoms with Crippen molar-refractivity contribution in [2.75, 3.05) is 12.4 Å². The van der Waals surface area contributed by atoms with Crippen molar-refractivity contribution in [1.29, 1.82) is 0 Å². The molecular weight excluding hydrogens is 248 g/mol. The van der Waals surface area contributed by atoms with Crippen LogP contribution in [0.15, 0.2) is 27.1 Å². The third kappa shape index (κ3) is 2.20. The first-order chi connectivity index (χ1) is 8.78. The second-order valence-corrected chi connectivity index (χ2v) is 5.22. The van der Waals surface area contributed by atoms with E-state index in [4.69, 9.17) is 4.42 Å². The van der Waals surface area contributed by atoms with Crippen LogP contribution in [0.3, 0.4) is 0 Å². The van der Waals surface area contributed by atoms with Gasteiger partial charge in [0.15, 0.2) is 0 Å². The maximum absolute atomic E-state index is 5.25. The lowest BCUT2D eigenvalue weighted by Crippen LogP contribution is -2.04. The van der Waals surface area contributed by atoms with Crippen molar-refractivity contribution in [2.24, 2.45) is 0 Å². The molecule has 2 aromatic heterocycles. The fourth-order valence-corrected chi connectivity index (χ4v) is 2.49. The lowest BCUT2D eigenvalue weighted by molar-refractivity contribution is 0.454. The van der Waals surface area contributed by atoms with Gasteiger partial charge in [-0.2, -0.15) is 0 Å². The smallest absolute Gasteiger partial charge is 0.261 e. The molecule has 0 radical (unpaired) electrons. The zero-order chi connectivity index (χ0) is 12.5. The Labute approximate surface area is 109 Å². The average Bonchev–Trinajstić information content (AvgIpc) is 3.11. The summed E-state index contributed by atoms with van der Waals surface area (Å²) in [7, 11) is 1.88. The van der Waals surface area contributed by atoms with Crippen LogP contribution in [0.4, 0.5) is 5.82 Å². The van der Waals surface area contributed by atoms with Gasteiger partial charge in [-0.1, -0.05) is 0 Å². The molecule has 1 N–H and O–H groups in total. The van der Waals surface area contributed by atoms with E-state index in [-0.39, 0.29) is 0 Å². The van der Waals surface area contributed by atoms with E-state index in [0.717, 1.165) is 22.2 Å². The van der Waals surface area contributed by atoms with Gasteiger partial charge in [-0.25, -0.2) is 15.0 Å². The summed E-state index contributed by atoms with van der Waals surface area (Å²) in [6, 6.07) is 0. The minimum atomic E-state index is 0.529. The summed E-state index contributed by atoms with van der Waals surface area (Å²) >= 11 is 1.44. The molecule has 0 amide bonds. The van der Waals surface area contributed by atoms with Crippen LogP contribution in [0.1, 0.15) is 30.1 Å². The maximum atomic E-state index is 5.25. The first kappa shape index (κ1) is 11.5. The van der Waals surface area contributed by atoms with Gasteiger partial charge < -0.3 is 9.73 Å². The van der Waals surface area contributed by atoms with Crippen LogP contribution in [-0.2, 0) is 0 Å². The van der Waals surface area contributed by atoms with E-state index >= 15 is 0 Å². The molecule has 6 heteroatoms. The molecule has 2 heterocycles. The molecule has 1 aliphatic rings. The van der Waals surface area contributed by atoms with Crippen molar-refractivity contribution < 1.29 is 4.42 Å². The largest absolute Gasteiger partial charge is 0.440 e. The first-order valence-corrected chi connectivity index (χ1v) is 6.73. The summed E-state index contributed by atoms with van der Waals surface area (Å²) in [5.74, 6) is 2.35. The van der Waals surface area contributed by atoms with Crippen molar-refractivity contribution in [3.05, 3.63) is 23.8 Å². The molecule has 0 unspecified atom stereocenters. The average molecular weight is 262 g/mol. The summed E-state index contributed by atoms with van der Waals surface area (Å²) in [4.78, 5) is 13.3. The monoisotopic (exact) mass is 262 g/mol. The molecule has 3 rings (SSSR count).